The summed E-state index contributed by atoms with van der Waals surface area (Å²) >= 11 is 1.25. The lowest BCUT2D eigenvalue weighted by Crippen LogP contribution is -2.27. The van der Waals surface area contributed by atoms with Crippen LogP contribution in [0.15, 0.2) is 47.6 Å². The number of nitrogens with two attached hydrogens (primary N) is 1. The Morgan fingerprint density at radius 3 is 2.70 bits per heavy atom. The molecule has 3 aromatic rings. The van der Waals surface area contributed by atoms with Crippen LogP contribution in [0.25, 0.3) is 11.4 Å². The number of rotatable bonds is 7. The van der Waals surface area contributed by atoms with Gasteiger partial charge in [0.1, 0.15) is 13.2 Å². The van der Waals surface area contributed by atoms with Crippen LogP contribution in [0.2, 0.25) is 0 Å². The monoisotopic (exact) mass is 425 g/mol. The summed E-state index contributed by atoms with van der Waals surface area (Å²) in [6.45, 7) is 3.68. The second-order valence-corrected chi connectivity index (χ2v) is 7.85. The SMILES string of the molecule is Cc1ccc(-c2nnc(SCC(=O)NCCc3ccc4c(c3)OCCO4)n2N)cc1. The quantitative estimate of drug-likeness (QED) is 0.442. The first-order valence-electron chi connectivity index (χ1n) is 9.66. The van der Waals surface area contributed by atoms with Crippen molar-refractivity contribution in [3.63, 3.8) is 0 Å². The van der Waals surface area contributed by atoms with Crippen LogP contribution in [-0.2, 0) is 11.2 Å². The number of amides is 1. The van der Waals surface area contributed by atoms with E-state index >= 15 is 0 Å². The maximum Gasteiger partial charge on any atom is 0.230 e. The molecule has 8 nitrogen and oxygen atoms in total. The third-order valence-electron chi connectivity index (χ3n) is 4.65. The van der Waals surface area contributed by atoms with E-state index in [0.717, 1.165) is 28.2 Å². The van der Waals surface area contributed by atoms with Gasteiger partial charge in [0.25, 0.3) is 0 Å². The molecule has 9 heteroatoms. The molecule has 2 heterocycles. The first kappa shape index (κ1) is 20.1. The van der Waals surface area contributed by atoms with Gasteiger partial charge in [-0.05, 0) is 31.0 Å². The number of hydrogen-bond donors (Lipinski definition) is 2. The number of hydrogen-bond acceptors (Lipinski definition) is 7. The molecule has 0 aliphatic carbocycles. The van der Waals surface area contributed by atoms with Crippen LogP contribution in [0, 0.1) is 6.92 Å². The zero-order valence-electron chi connectivity index (χ0n) is 16.6. The molecule has 0 spiro atoms. The topological polar surface area (TPSA) is 104 Å². The van der Waals surface area contributed by atoms with Crippen LogP contribution in [0.3, 0.4) is 0 Å². The fourth-order valence-electron chi connectivity index (χ4n) is 3.05. The van der Waals surface area contributed by atoms with Crippen molar-refractivity contribution in [3.8, 4) is 22.9 Å². The number of aromatic nitrogens is 3. The van der Waals surface area contributed by atoms with Gasteiger partial charge in [-0.1, -0.05) is 47.7 Å². The number of aryl methyl sites for hydroxylation is 1. The van der Waals surface area contributed by atoms with E-state index in [-0.39, 0.29) is 11.7 Å². The first-order valence-corrected chi connectivity index (χ1v) is 10.6. The average molecular weight is 426 g/mol. The Morgan fingerprint density at radius 1 is 1.13 bits per heavy atom. The summed E-state index contributed by atoms with van der Waals surface area (Å²) in [5.41, 5.74) is 3.12. The number of nitrogens with zero attached hydrogens (tertiary/aromatic N) is 3. The van der Waals surface area contributed by atoms with Crippen LogP contribution in [-0.4, -0.2) is 46.3 Å². The van der Waals surface area contributed by atoms with Crippen molar-refractivity contribution in [1.82, 2.24) is 20.2 Å². The van der Waals surface area contributed by atoms with Gasteiger partial charge in [-0.15, -0.1) is 10.2 Å². The highest BCUT2D eigenvalue weighted by molar-refractivity contribution is 7.99. The van der Waals surface area contributed by atoms with E-state index in [0.29, 0.717) is 37.2 Å². The fourth-order valence-corrected chi connectivity index (χ4v) is 3.73. The highest BCUT2D eigenvalue weighted by Gasteiger charge is 2.14. The second-order valence-electron chi connectivity index (χ2n) is 6.91. The van der Waals surface area contributed by atoms with Gasteiger partial charge in [-0.25, -0.2) is 4.68 Å². The van der Waals surface area contributed by atoms with Crippen molar-refractivity contribution in [2.45, 2.75) is 18.5 Å². The normalized spacial score (nSPS) is 12.6. The van der Waals surface area contributed by atoms with Crippen molar-refractivity contribution in [1.29, 1.82) is 0 Å². The van der Waals surface area contributed by atoms with Gasteiger partial charge in [-0.2, -0.15) is 0 Å². The largest absolute Gasteiger partial charge is 0.486 e. The third kappa shape index (κ3) is 4.68. The molecule has 3 N–H and O–H groups in total. The molecule has 1 aliphatic rings. The summed E-state index contributed by atoms with van der Waals surface area (Å²) in [5, 5.41) is 11.7. The number of carbonyl (C=O) groups excluding carboxylic acids is 1. The van der Waals surface area contributed by atoms with E-state index in [2.05, 4.69) is 15.5 Å². The Labute approximate surface area is 178 Å². The maximum absolute atomic E-state index is 12.2. The molecule has 0 fully saturated rings. The number of nitrogen functional groups attached to an aromatic ring is 1. The van der Waals surface area contributed by atoms with Gasteiger partial charge in [-0.3, -0.25) is 4.79 Å². The van der Waals surface area contributed by atoms with Crippen LogP contribution in [0.4, 0.5) is 0 Å². The number of ether oxygens (including phenoxy) is 2. The smallest absolute Gasteiger partial charge is 0.230 e. The number of benzene rings is 2. The molecule has 30 heavy (non-hydrogen) atoms. The van der Waals surface area contributed by atoms with E-state index in [1.165, 1.54) is 16.4 Å². The van der Waals surface area contributed by atoms with Crippen LogP contribution in [0.5, 0.6) is 11.5 Å². The van der Waals surface area contributed by atoms with Gasteiger partial charge >= 0.3 is 0 Å². The van der Waals surface area contributed by atoms with Crippen LogP contribution in [0.1, 0.15) is 11.1 Å². The Kier molecular flexibility index (Phi) is 6.08. The number of fused-ring (bicyclic) bond motifs is 1. The van der Waals surface area contributed by atoms with Gasteiger partial charge in [0.15, 0.2) is 17.3 Å². The molecule has 2 aromatic carbocycles. The number of thioether (sulfide) groups is 1. The Balaban J connectivity index is 1.26. The zero-order valence-corrected chi connectivity index (χ0v) is 17.4. The number of carbonyl (C=O) groups is 1. The molecular formula is C21H23N5O3S. The lowest BCUT2D eigenvalue weighted by molar-refractivity contribution is -0.118. The molecule has 0 saturated carbocycles. The van der Waals surface area contributed by atoms with Gasteiger partial charge in [0, 0.05) is 12.1 Å². The highest BCUT2D eigenvalue weighted by Crippen LogP contribution is 2.30. The van der Waals surface area contributed by atoms with Crippen molar-refractivity contribution in [2.75, 3.05) is 31.4 Å². The van der Waals surface area contributed by atoms with Gasteiger partial charge in [0.2, 0.25) is 11.1 Å². The first-order chi connectivity index (χ1) is 14.6. The molecule has 0 unspecified atom stereocenters. The standard InChI is InChI=1S/C21H23N5O3S/c1-14-2-5-16(6-3-14)20-24-25-21(26(20)22)30-13-19(27)23-9-8-15-4-7-17-18(12-15)29-11-10-28-17/h2-7,12H,8-11,13,22H2,1H3,(H,23,27). The van der Waals surface area contributed by atoms with Crippen molar-refractivity contribution in [2.24, 2.45) is 0 Å². The van der Waals surface area contributed by atoms with E-state index in [1.807, 2.05) is 49.4 Å². The molecule has 0 radical (unpaired) electrons. The van der Waals surface area contributed by atoms with E-state index in [4.69, 9.17) is 15.3 Å². The fraction of sp³-hybridized carbons (Fsp3) is 0.286. The maximum atomic E-state index is 12.2. The van der Waals surface area contributed by atoms with E-state index < -0.39 is 0 Å². The highest BCUT2D eigenvalue weighted by atomic mass is 32.2. The lowest BCUT2D eigenvalue weighted by atomic mass is 10.1. The second kappa shape index (κ2) is 9.08. The molecule has 4 rings (SSSR count). The minimum Gasteiger partial charge on any atom is -0.486 e. The summed E-state index contributed by atoms with van der Waals surface area (Å²) in [6.07, 6.45) is 0.706. The van der Waals surface area contributed by atoms with Crippen LogP contribution >= 0.6 is 11.8 Å². The zero-order chi connectivity index (χ0) is 20.9. The molecule has 1 aromatic heterocycles. The minimum atomic E-state index is -0.0857. The Hall–Kier alpha value is -3.20. The third-order valence-corrected chi connectivity index (χ3v) is 5.59. The Morgan fingerprint density at radius 2 is 1.90 bits per heavy atom. The number of nitrogens with one attached hydrogen (secondary N) is 1. The summed E-state index contributed by atoms with van der Waals surface area (Å²) in [4.78, 5) is 12.2. The minimum absolute atomic E-state index is 0.0857. The van der Waals surface area contributed by atoms with Crippen molar-refractivity contribution >= 4 is 17.7 Å². The van der Waals surface area contributed by atoms with Gasteiger partial charge < -0.3 is 20.6 Å². The van der Waals surface area contributed by atoms with E-state index in [1.54, 1.807) is 0 Å². The summed E-state index contributed by atoms with van der Waals surface area (Å²) in [7, 11) is 0. The summed E-state index contributed by atoms with van der Waals surface area (Å²) < 4.78 is 12.5. The van der Waals surface area contributed by atoms with Gasteiger partial charge in [0.05, 0.1) is 5.75 Å². The molecule has 1 aliphatic heterocycles. The summed E-state index contributed by atoms with van der Waals surface area (Å²) in [6, 6.07) is 13.7. The van der Waals surface area contributed by atoms with Crippen molar-refractivity contribution < 1.29 is 14.3 Å². The molecule has 1 amide bonds. The molecule has 0 bridgehead atoms. The van der Waals surface area contributed by atoms with Crippen LogP contribution < -0.4 is 20.6 Å². The van der Waals surface area contributed by atoms with E-state index in [9.17, 15) is 4.79 Å². The molecule has 0 atom stereocenters. The molecular weight excluding hydrogens is 402 g/mol. The lowest BCUT2D eigenvalue weighted by Gasteiger charge is -2.18. The predicted molar refractivity (Wildman–Crippen MR) is 115 cm³/mol. The average Bonchev–Trinajstić information content (AvgIpc) is 3.13. The molecule has 0 saturated heterocycles. The summed E-state index contributed by atoms with van der Waals surface area (Å²) in [5.74, 6) is 8.32. The van der Waals surface area contributed by atoms with Crippen molar-refractivity contribution in [3.05, 3.63) is 53.6 Å². The Bertz CT molecular complexity index is 1040. The predicted octanol–water partition coefficient (Wildman–Crippen LogP) is 2.19. The molecule has 156 valence electrons.